The van der Waals surface area contributed by atoms with E-state index in [4.69, 9.17) is 9.47 Å². The number of ether oxygens (including phenoxy) is 2. The van der Waals surface area contributed by atoms with Gasteiger partial charge in [0.25, 0.3) is 0 Å². The van der Waals surface area contributed by atoms with Gasteiger partial charge >= 0.3 is 5.97 Å². The van der Waals surface area contributed by atoms with Gasteiger partial charge in [-0.25, -0.2) is 13.6 Å². The molecule has 0 aromatic heterocycles. The average molecular weight is 310 g/mol. The van der Waals surface area contributed by atoms with Gasteiger partial charge in [-0.1, -0.05) is 12.1 Å². The SMILES string of the molecule is CC1(C)OC(=O)c2c(CC3CCC(F)(F)CC3)cccc2O1. The Hall–Kier alpha value is -1.65. The molecular weight excluding hydrogens is 290 g/mol. The van der Waals surface area contributed by atoms with Crippen molar-refractivity contribution in [2.45, 2.75) is 57.7 Å². The number of rotatable bonds is 2. The Morgan fingerprint density at radius 3 is 2.55 bits per heavy atom. The van der Waals surface area contributed by atoms with Gasteiger partial charge < -0.3 is 9.47 Å². The molecule has 0 radical (unpaired) electrons. The summed E-state index contributed by atoms with van der Waals surface area (Å²) >= 11 is 0. The zero-order chi connectivity index (χ0) is 16.0. The summed E-state index contributed by atoms with van der Waals surface area (Å²) in [5.41, 5.74) is 1.27. The summed E-state index contributed by atoms with van der Waals surface area (Å²) in [6, 6.07) is 5.44. The molecule has 2 aliphatic rings. The van der Waals surface area contributed by atoms with Crippen molar-refractivity contribution in [1.82, 2.24) is 0 Å². The second-order valence-electron chi connectivity index (χ2n) is 6.69. The molecule has 0 spiro atoms. The fourth-order valence-electron chi connectivity index (χ4n) is 3.24. The minimum atomic E-state index is -2.53. The normalized spacial score (nSPS) is 23.4. The van der Waals surface area contributed by atoms with Crippen LogP contribution in [0, 0.1) is 5.92 Å². The van der Waals surface area contributed by atoms with Gasteiger partial charge in [-0.05, 0) is 36.8 Å². The van der Waals surface area contributed by atoms with E-state index >= 15 is 0 Å². The summed E-state index contributed by atoms with van der Waals surface area (Å²) in [5, 5.41) is 0. The first-order valence-electron chi connectivity index (χ1n) is 7.68. The van der Waals surface area contributed by atoms with Crippen LogP contribution in [0.4, 0.5) is 8.78 Å². The maximum Gasteiger partial charge on any atom is 0.345 e. The van der Waals surface area contributed by atoms with Crippen molar-refractivity contribution in [1.29, 1.82) is 0 Å². The van der Waals surface area contributed by atoms with Gasteiger partial charge in [-0.2, -0.15) is 0 Å². The van der Waals surface area contributed by atoms with E-state index in [9.17, 15) is 13.6 Å². The highest BCUT2D eigenvalue weighted by Crippen LogP contribution is 2.39. The number of cyclic esters (lactones) is 1. The van der Waals surface area contributed by atoms with Gasteiger partial charge in [0.2, 0.25) is 11.7 Å². The molecule has 1 heterocycles. The summed E-state index contributed by atoms with van der Waals surface area (Å²) in [6.07, 6.45) is 1.44. The molecule has 1 aliphatic heterocycles. The monoisotopic (exact) mass is 310 g/mol. The molecular formula is C17H20F2O3. The molecule has 22 heavy (non-hydrogen) atoms. The molecule has 3 rings (SSSR count). The van der Waals surface area contributed by atoms with Gasteiger partial charge in [-0.3, -0.25) is 0 Å². The van der Waals surface area contributed by atoms with Crippen molar-refractivity contribution in [2.24, 2.45) is 5.92 Å². The molecule has 0 unspecified atom stereocenters. The summed E-state index contributed by atoms with van der Waals surface area (Å²) in [5.74, 6) is -3.22. The zero-order valence-corrected chi connectivity index (χ0v) is 12.8. The Bertz CT molecular complexity index is 586. The molecule has 1 aromatic carbocycles. The summed E-state index contributed by atoms with van der Waals surface area (Å²) in [4.78, 5) is 12.2. The Morgan fingerprint density at radius 2 is 1.86 bits per heavy atom. The molecule has 0 atom stereocenters. The molecule has 1 fully saturated rings. The van der Waals surface area contributed by atoms with Crippen LogP contribution in [0.15, 0.2) is 18.2 Å². The smallest absolute Gasteiger partial charge is 0.345 e. The second-order valence-corrected chi connectivity index (χ2v) is 6.69. The first kappa shape index (κ1) is 15.3. The lowest BCUT2D eigenvalue weighted by Crippen LogP contribution is -2.39. The lowest BCUT2D eigenvalue weighted by Gasteiger charge is -2.33. The quantitative estimate of drug-likeness (QED) is 0.762. The van der Waals surface area contributed by atoms with Crippen molar-refractivity contribution < 1.29 is 23.0 Å². The van der Waals surface area contributed by atoms with Crippen molar-refractivity contribution in [3.8, 4) is 5.75 Å². The first-order valence-corrected chi connectivity index (χ1v) is 7.68. The number of carbonyl (C=O) groups excluding carboxylic acids is 1. The number of fused-ring (bicyclic) bond motifs is 1. The lowest BCUT2D eigenvalue weighted by molar-refractivity contribution is -0.127. The third kappa shape index (κ3) is 3.08. The average Bonchev–Trinajstić information content (AvgIpc) is 2.39. The molecule has 1 aliphatic carbocycles. The molecule has 1 saturated carbocycles. The van der Waals surface area contributed by atoms with Crippen LogP contribution in [0.2, 0.25) is 0 Å². The van der Waals surface area contributed by atoms with Gasteiger partial charge in [0.1, 0.15) is 11.3 Å². The van der Waals surface area contributed by atoms with Crippen LogP contribution in [0.3, 0.4) is 0 Å². The van der Waals surface area contributed by atoms with Crippen molar-refractivity contribution in [3.05, 3.63) is 29.3 Å². The number of esters is 1. The van der Waals surface area contributed by atoms with E-state index in [1.165, 1.54) is 0 Å². The lowest BCUT2D eigenvalue weighted by atomic mass is 9.82. The van der Waals surface area contributed by atoms with E-state index < -0.39 is 17.7 Å². The van der Waals surface area contributed by atoms with Gasteiger partial charge in [-0.15, -0.1) is 0 Å². The molecule has 120 valence electrons. The van der Waals surface area contributed by atoms with Crippen LogP contribution in [0.5, 0.6) is 5.75 Å². The van der Waals surface area contributed by atoms with E-state index in [1.807, 2.05) is 12.1 Å². The zero-order valence-electron chi connectivity index (χ0n) is 12.8. The third-order valence-electron chi connectivity index (χ3n) is 4.36. The van der Waals surface area contributed by atoms with Gasteiger partial charge in [0.15, 0.2) is 0 Å². The van der Waals surface area contributed by atoms with Crippen LogP contribution in [-0.2, 0) is 11.2 Å². The molecule has 5 heteroatoms. The Kier molecular flexibility index (Phi) is 3.62. The van der Waals surface area contributed by atoms with E-state index in [2.05, 4.69) is 0 Å². The number of hydrogen-bond acceptors (Lipinski definition) is 3. The molecule has 0 bridgehead atoms. The van der Waals surface area contributed by atoms with Crippen molar-refractivity contribution >= 4 is 5.97 Å². The minimum Gasteiger partial charge on any atom is -0.452 e. The van der Waals surface area contributed by atoms with E-state index in [0.717, 1.165) is 5.56 Å². The number of halogens is 2. The molecule has 0 saturated heterocycles. The van der Waals surface area contributed by atoms with Gasteiger partial charge in [0, 0.05) is 26.7 Å². The molecule has 0 amide bonds. The predicted molar refractivity (Wildman–Crippen MR) is 77.2 cm³/mol. The van der Waals surface area contributed by atoms with Crippen LogP contribution in [-0.4, -0.2) is 17.7 Å². The maximum atomic E-state index is 13.2. The number of carbonyl (C=O) groups is 1. The molecule has 0 N–H and O–H groups in total. The van der Waals surface area contributed by atoms with Crippen LogP contribution < -0.4 is 4.74 Å². The van der Waals surface area contributed by atoms with Crippen molar-refractivity contribution in [3.63, 3.8) is 0 Å². The van der Waals surface area contributed by atoms with Gasteiger partial charge in [0.05, 0.1) is 0 Å². The van der Waals surface area contributed by atoms with Crippen LogP contribution >= 0.6 is 0 Å². The fraction of sp³-hybridized carbons (Fsp3) is 0.588. The van der Waals surface area contributed by atoms with E-state index in [-0.39, 0.29) is 18.8 Å². The summed E-state index contributed by atoms with van der Waals surface area (Å²) in [6.45, 7) is 3.37. The van der Waals surface area contributed by atoms with Crippen molar-refractivity contribution in [2.75, 3.05) is 0 Å². The highest BCUT2D eigenvalue weighted by Gasteiger charge is 2.38. The predicted octanol–water partition coefficient (Wildman–Crippen LogP) is 4.34. The minimum absolute atomic E-state index is 0.0688. The largest absolute Gasteiger partial charge is 0.452 e. The fourth-order valence-corrected chi connectivity index (χ4v) is 3.24. The third-order valence-corrected chi connectivity index (χ3v) is 4.36. The number of hydrogen-bond donors (Lipinski definition) is 0. The first-order chi connectivity index (χ1) is 10.3. The molecule has 3 nitrogen and oxygen atoms in total. The Labute approximate surface area is 128 Å². The maximum absolute atomic E-state index is 13.2. The highest BCUT2D eigenvalue weighted by atomic mass is 19.3. The van der Waals surface area contributed by atoms with E-state index in [1.54, 1.807) is 19.9 Å². The summed E-state index contributed by atoms with van der Waals surface area (Å²) in [7, 11) is 0. The van der Waals surface area contributed by atoms with Crippen LogP contribution in [0.1, 0.15) is 55.5 Å². The van der Waals surface area contributed by atoms with Crippen LogP contribution in [0.25, 0.3) is 0 Å². The standard InChI is InChI=1S/C17H20F2O3/c1-16(2)21-13-5-3-4-12(14(13)15(20)22-16)10-11-6-8-17(18,19)9-7-11/h3-5,11H,6-10H2,1-2H3. The molecule has 1 aromatic rings. The number of alkyl halides is 2. The highest BCUT2D eigenvalue weighted by molar-refractivity contribution is 5.95. The summed E-state index contributed by atoms with van der Waals surface area (Å²) < 4.78 is 37.5. The Balaban J connectivity index is 1.80. The Morgan fingerprint density at radius 1 is 1.18 bits per heavy atom. The topological polar surface area (TPSA) is 35.5 Å². The van der Waals surface area contributed by atoms with E-state index in [0.29, 0.717) is 30.6 Å². The second kappa shape index (κ2) is 5.21. The number of benzene rings is 1.